The van der Waals surface area contributed by atoms with Gasteiger partial charge in [-0.15, -0.1) is 0 Å². The first-order valence-corrected chi connectivity index (χ1v) is 13.2. The third kappa shape index (κ3) is 4.28. The van der Waals surface area contributed by atoms with E-state index in [1.54, 1.807) is 30.3 Å². The number of hydrogen-bond donors (Lipinski definition) is 1. The molecule has 1 amide bonds. The topological polar surface area (TPSA) is 141 Å². The number of carbonyl (C=O) groups is 2. The third-order valence-corrected chi connectivity index (χ3v) is 7.56. The van der Waals surface area contributed by atoms with E-state index in [1.807, 2.05) is 6.92 Å². The second kappa shape index (κ2) is 9.97. The summed E-state index contributed by atoms with van der Waals surface area (Å²) in [6, 6.07) is 14.4. The number of nitro groups is 1. The monoisotopic (exact) mass is 559 g/mol. The maximum Gasteiger partial charge on any atom is 0.301 e. The lowest BCUT2D eigenvalue weighted by atomic mass is 9.95. The number of fused-ring (bicyclic) bond motifs is 2. The van der Waals surface area contributed by atoms with Gasteiger partial charge in [0.15, 0.2) is 16.6 Å². The van der Waals surface area contributed by atoms with Gasteiger partial charge in [0.05, 0.1) is 33.4 Å². The molecule has 0 bridgehead atoms. The number of nitro benzene ring substituents is 1. The van der Waals surface area contributed by atoms with Crippen molar-refractivity contribution < 1.29 is 33.8 Å². The van der Waals surface area contributed by atoms with Gasteiger partial charge in [0.2, 0.25) is 0 Å². The zero-order chi connectivity index (χ0) is 28.0. The van der Waals surface area contributed by atoms with Crippen LogP contribution in [-0.2, 0) is 9.59 Å². The number of benzene rings is 3. The summed E-state index contributed by atoms with van der Waals surface area (Å²) in [4.78, 5) is 43.5. The number of hydrogen-bond acceptors (Lipinski definition) is 10. The molecule has 0 spiro atoms. The number of carbonyl (C=O) groups excluding carboxylic acids is 2. The minimum absolute atomic E-state index is 0.157. The maximum absolute atomic E-state index is 13.5. The van der Waals surface area contributed by atoms with E-state index in [0.29, 0.717) is 48.1 Å². The lowest BCUT2D eigenvalue weighted by molar-refractivity contribution is -0.384. The molecule has 0 unspecified atom stereocenters. The lowest BCUT2D eigenvalue weighted by Gasteiger charge is -2.23. The Bertz CT molecular complexity index is 1710. The smallest absolute Gasteiger partial charge is 0.301 e. The molecule has 12 heteroatoms. The molecule has 3 aromatic carbocycles. The molecule has 1 saturated heterocycles. The molecule has 0 radical (unpaired) electrons. The SMILES string of the molecule is CCOc1ccc2nc(N3C(=O)C(=O)/C(=C(/O)c4ccc5c(c4)OCCO5)[C@H]3c3ccc([N+](=O)[O-])cc3)sc2c1. The molecule has 202 valence electrons. The molecule has 0 aliphatic carbocycles. The fourth-order valence-electron chi connectivity index (χ4n) is 4.72. The minimum atomic E-state index is -1.10. The third-order valence-electron chi connectivity index (χ3n) is 6.55. The van der Waals surface area contributed by atoms with Crippen molar-refractivity contribution in [3.05, 3.63) is 87.5 Å². The highest BCUT2D eigenvalue weighted by atomic mass is 32.1. The van der Waals surface area contributed by atoms with Crippen LogP contribution in [0.25, 0.3) is 16.0 Å². The summed E-state index contributed by atoms with van der Waals surface area (Å²) in [5.41, 5.74) is 0.901. The van der Waals surface area contributed by atoms with E-state index in [4.69, 9.17) is 14.2 Å². The van der Waals surface area contributed by atoms with Gasteiger partial charge in [-0.1, -0.05) is 11.3 Å². The molecule has 2 aliphatic heterocycles. The molecule has 11 nitrogen and oxygen atoms in total. The number of rotatable bonds is 6. The quantitative estimate of drug-likeness (QED) is 0.114. The predicted molar refractivity (Wildman–Crippen MR) is 146 cm³/mol. The largest absolute Gasteiger partial charge is 0.507 e. The Morgan fingerprint density at radius 2 is 1.85 bits per heavy atom. The van der Waals surface area contributed by atoms with Gasteiger partial charge < -0.3 is 19.3 Å². The number of thiazole rings is 1. The minimum Gasteiger partial charge on any atom is -0.507 e. The highest BCUT2D eigenvalue weighted by molar-refractivity contribution is 7.22. The summed E-state index contributed by atoms with van der Waals surface area (Å²) >= 11 is 1.19. The van der Waals surface area contributed by atoms with Crippen LogP contribution in [-0.4, -0.2) is 46.5 Å². The van der Waals surface area contributed by atoms with Crippen molar-refractivity contribution in [2.24, 2.45) is 0 Å². The van der Waals surface area contributed by atoms with E-state index in [9.17, 15) is 24.8 Å². The molecule has 4 aromatic rings. The summed E-state index contributed by atoms with van der Waals surface area (Å²) in [7, 11) is 0. The summed E-state index contributed by atoms with van der Waals surface area (Å²) in [6.45, 7) is 3.06. The molecule has 3 heterocycles. The number of Topliss-reactive ketones (excluding diaryl/α,β-unsaturated/α-hetero) is 1. The Balaban J connectivity index is 1.51. The zero-order valence-electron chi connectivity index (χ0n) is 21.0. The van der Waals surface area contributed by atoms with E-state index in [1.165, 1.54) is 46.6 Å². The van der Waals surface area contributed by atoms with Crippen molar-refractivity contribution in [2.75, 3.05) is 24.7 Å². The normalized spacial score (nSPS) is 17.8. The summed E-state index contributed by atoms with van der Waals surface area (Å²) in [6.07, 6.45) is 0. The van der Waals surface area contributed by atoms with E-state index in [0.717, 1.165) is 4.70 Å². The van der Waals surface area contributed by atoms with E-state index >= 15 is 0 Å². The highest BCUT2D eigenvalue weighted by Gasteiger charge is 2.48. The Kier molecular flexibility index (Phi) is 6.31. The Labute approximate surface area is 231 Å². The van der Waals surface area contributed by atoms with Crippen LogP contribution in [0, 0.1) is 10.1 Å². The molecular weight excluding hydrogens is 538 g/mol. The summed E-state index contributed by atoms with van der Waals surface area (Å²) in [5, 5.41) is 22.9. The van der Waals surface area contributed by atoms with Gasteiger partial charge in [0, 0.05) is 17.7 Å². The van der Waals surface area contributed by atoms with Gasteiger partial charge >= 0.3 is 5.91 Å². The van der Waals surface area contributed by atoms with Crippen molar-refractivity contribution in [1.82, 2.24) is 4.98 Å². The van der Waals surface area contributed by atoms with Crippen molar-refractivity contribution in [3.63, 3.8) is 0 Å². The zero-order valence-corrected chi connectivity index (χ0v) is 21.8. The van der Waals surface area contributed by atoms with Crippen LogP contribution < -0.4 is 19.1 Å². The fourth-order valence-corrected chi connectivity index (χ4v) is 5.74. The molecule has 1 N–H and O–H groups in total. The Hall–Kier alpha value is -4.97. The molecule has 40 heavy (non-hydrogen) atoms. The number of aliphatic hydroxyl groups is 1. The van der Waals surface area contributed by atoms with Crippen LogP contribution in [0.15, 0.2) is 66.2 Å². The van der Waals surface area contributed by atoms with E-state index in [-0.39, 0.29) is 22.0 Å². The summed E-state index contributed by atoms with van der Waals surface area (Å²) < 4.78 is 17.5. The molecule has 1 atom stereocenters. The van der Waals surface area contributed by atoms with Crippen LogP contribution in [0.5, 0.6) is 17.2 Å². The van der Waals surface area contributed by atoms with Crippen molar-refractivity contribution in [2.45, 2.75) is 13.0 Å². The first-order chi connectivity index (χ1) is 19.4. The average Bonchev–Trinajstić information content (AvgIpc) is 3.50. The van der Waals surface area contributed by atoms with Crippen LogP contribution in [0.2, 0.25) is 0 Å². The van der Waals surface area contributed by atoms with Gasteiger partial charge in [-0.3, -0.25) is 24.6 Å². The molecular formula is C28H21N3O8S. The first-order valence-electron chi connectivity index (χ1n) is 12.3. The molecule has 0 saturated carbocycles. The Morgan fingerprint density at radius 3 is 2.58 bits per heavy atom. The van der Waals surface area contributed by atoms with E-state index in [2.05, 4.69) is 4.98 Å². The van der Waals surface area contributed by atoms with Crippen molar-refractivity contribution in [1.29, 1.82) is 0 Å². The average molecular weight is 560 g/mol. The van der Waals surface area contributed by atoms with Gasteiger partial charge in [-0.2, -0.15) is 0 Å². The predicted octanol–water partition coefficient (Wildman–Crippen LogP) is 5.00. The van der Waals surface area contributed by atoms with Gasteiger partial charge in [0.25, 0.3) is 11.5 Å². The van der Waals surface area contributed by atoms with Gasteiger partial charge in [-0.05, 0) is 61.0 Å². The van der Waals surface area contributed by atoms with Crippen molar-refractivity contribution >= 4 is 49.8 Å². The van der Waals surface area contributed by atoms with Crippen LogP contribution >= 0.6 is 11.3 Å². The van der Waals surface area contributed by atoms with E-state index < -0.39 is 28.4 Å². The second-order valence-electron chi connectivity index (χ2n) is 8.94. The standard InChI is InChI=1S/C28H21N3O8S/c1-2-37-18-8-9-19-22(14-18)40-28(29-19)30-24(15-3-6-17(7-4-15)31(35)36)23(26(33)27(30)34)25(32)16-5-10-20-21(13-16)39-12-11-38-20/h3-10,13-14,24,32H,2,11-12H2,1H3/b25-23+/t24-/m1/s1. The van der Waals surface area contributed by atoms with Crippen LogP contribution in [0.3, 0.4) is 0 Å². The maximum atomic E-state index is 13.5. The Morgan fingerprint density at radius 1 is 1.10 bits per heavy atom. The lowest BCUT2D eigenvalue weighted by Crippen LogP contribution is -2.29. The molecule has 2 aliphatic rings. The number of amides is 1. The molecule has 1 fully saturated rings. The number of aromatic nitrogens is 1. The number of non-ortho nitro benzene ring substituents is 1. The van der Waals surface area contributed by atoms with Crippen LogP contribution in [0.4, 0.5) is 10.8 Å². The van der Waals surface area contributed by atoms with Crippen molar-refractivity contribution in [3.8, 4) is 17.2 Å². The number of ketones is 1. The van der Waals surface area contributed by atoms with Gasteiger partial charge in [0.1, 0.15) is 24.7 Å². The number of ether oxygens (including phenoxy) is 3. The molecule has 6 rings (SSSR count). The molecule has 1 aromatic heterocycles. The fraction of sp³-hybridized carbons (Fsp3) is 0.179. The second-order valence-corrected chi connectivity index (χ2v) is 9.94. The number of anilines is 1. The number of nitrogens with zero attached hydrogens (tertiary/aromatic N) is 3. The first kappa shape index (κ1) is 25.3. The van der Waals surface area contributed by atoms with Gasteiger partial charge in [-0.25, -0.2) is 4.98 Å². The number of aliphatic hydroxyl groups excluding tert-OH is 1. The summed E-state index contributed by atoms with van der Waals surface area (Å²) in [5.74, 6) is -0.681. The van der Waals surface area contributed by atoms with Crippen LogP contribution in [0.1, 0.15) is 24.1 Å². The highest BCUT2D eigenvalue weighted by Crippen LogP contribution is 2.45.